The minimum absolute atomic E-state index is 0.0765. The highest BCUT2D eigenvalue weighted by molar-refractivity contribution is 7.99. The highest BCUT2D eigenvalue weighted by Gasteiger charge is 2.22. The van der Waals surface area contributed by atoms with Crippen LogP contribution in [0, 0.1) is 6.92 Å². The minimum atomic E-state index is -0.248. The summed E-state index contributed by atoms with van der Waals surface area (Å²) in [4.78, 5) is 30.3. The van der Waals surface area contributed by atoms with Gasteiger partial charge in [0, 0.05) is 17.1 Å². The summed E-state index contributed by atoms with van der Waals surface area (Å²) in [5, 5.41) is 8.03. The number of rotatable bonds is 5. The second-order valence-electron chi connectivity index (χ2n) is 7.19. The number of hydrogen-bond acceptors (Lipinski definition) is 6. The lowest BCUT2D eigenvalue weighted by atomic mass is 9.95. The molecule has 1 amide bonds. The third-order valence-corrected chi connectivity index (χ3v) is 6.18. The van der Waals surface area contributed by atoms with Crippen molar-refractivity contribution in [2.24, 2.45) is 0 Å². The van der Waals surface area contributed by atoms with E-state index in [0.29, 0.717) is 32.7 Å². The number of thioether (sulfide) groups is 1. The standard InChI is InChI=1S/C20H21ClN4O3S/c1-12-9-18(28-24-12)23-17(26)11-29-20-22-16-10-13(21)7-8-15(16)19(27)25(20)14-5-3-2-4-6-14/h7-10,14H,2-6,11H2,1H3,(H,23,26). The van der Waals surface area contributed by atoms with Gasteiger partial charge < -0.3 is 4.52 Å². The molecule has 1 aliphatic carbocycles. The van der Waals surface area contributed by atoms with E-state index in [2.05, 4.69) is 15.5 Å². The Morgan fingerprint density at radius 2 is 2.10 bits per heavy atom. The van der Waals surface area contributed by atoms with Crippen molar-refractivity contribution in [3.63, 3.8) is 0 Å². The van der Waals surface area contributed by atoms with E-state index in [0.717, 1.165) is 25.7 Å². The smallest absolute Gasteiger partial charge is 0.262 e. The van der Waals surface area contributed by atoms with Crippen LogP contribution in [0.25, 0.3) is 10.9 Å². The fraction of sp³-hybridized carbons (Fsp3) is 0.400. The summed E-state index contributed by atoms with van der Waals surface area (Å²) in [5.74, 6) is 0.156. The monoisotopic (exact) mass is 432 g/mol. The summed E-state index contributed by atoms with van der Waals surface area (Å²) in [6.07, 6.45) is 5.25. The highest BCUT2D eigenvalue weighted by Crippen LogP contribution is 2.31. The first-order chi connectivity index (χ1) is 14.0. The molecule has 0 bridgehead atoms. The molecule has 1 saturated carbocycles. The van der Waals surface area contributed by atoms with Gasteiger partial charge in [0.05, 0.1) is 22.3 Å². The lowest BCUT2D eigenvalue weighted by Crippen LogP contribution is -2.29. The number of nitrogens with one attached hydrogen (secondary N) is 1. The fourth-order valence-corrected chi connectivity index (χ4v) is 4.67. The molecule has 9 heteroatoms. The highest BCUT2D eigenvalue weighted by atomic mass is 35.5. The summed E-state index contributed by atoms with van der Waals surface area (Å²) < 4.78 is 6.79. The number of fused-ring (bicyclic) bond motifs is 1. The average Bonchev–Trinajstić information content (AvgIpc) is 3.11. The van der Waals surface area contributed by atoms with Crippen LogP contribution in [0.1, 0.15) is 43.8 Å². The Balaban J connectivity index is 1.63. The Morgan fingerprint density at radius 3 is 2.83 bits per heavy atom. The lowest BCUT2D eigenvalue weighted by molar-refractivity contribution is -0.113. The predicted octanol–water partition coefficient (Wildman–Crippen LogP) is 4.58. The molecule has 0 radical (unpaired) electrons. The molecule has 2 heterocycles. The minimum Gasteiger partial charge on any atom is -0.338 e. The second-order valence-corrected chi connectivity index (χ2v) is 8.57. The zero-order chi connectivity index (χ0) is 20.4. The number of hydrogen-bond donors (Lipinski definition) is 1. The van der Waals surface area contributed by atoms with Gasteiger partial charge in [0.2, 0.25) is 11.8 Å². The number of aryl methyl sites for hydroxylation is 1. The number of benzene rings is 1. The number of halogens is 1. The van der Waals surface area contributed by atoms with Gasteiger partial charge in [-0.25, -0.2) is 4.98 Å². The van der Waals surface area contributed by atoms with E-state index in [4.69, 9.17) is 16.1 Å². The first-order valence-corrected chi connectivity index (χ1v) is 11.0. The molecule has 2 aromatic heterocycles. The Hall–Kier alpha value is -2.32. The summed E-state index contributed by atoms with van der Waals surface area (Å²) in [5.41, 5.74) is 1.16. The van der Waals surface area contributed by atoms with Crippen molar-refractivity contribution in [1.82, 2.24) is 14.7 Å². The van der Waals surface area contributed by atoms with E-state index < -0.39 is 0 Å². The molecular formula is C20H21ClN4O3S. The van der Waals surface area contributed by atoms with Gasteiger partial charge in [-0.05, 0) is 38.0 Å². The molecule has 0 spiro atoms. The Bertz CT molecular complexity index is 1100. The van der Waals surface area contributed by atoms with Crippen LogP contribution in [-0.4, -0.2) is 26.4 Å². The molecule has 0 atom stereocenters. The normalized spacial score (nSPS) is 15.0. The van der Waals surface area contributed by atoms with Gasteiger partial charge in [-0.15, -0.1) is 0 Å². The largest absolute Gasteiger partial charge is 0.338 e. The van der Waals surface area contributed by atoms with Gasteiger partial charge in [0.25, 0.3) is 5.56 Å². The molecule has 29 heavy (non-hydrogen) atoms. The molecule has 0 saturated heterocycles. The van der Waals surface area contributed by atoms with Crippen LogP contribution in [0.2, 0.25) is 5.02 Å². The Labute approximate surface area is 176 Å². The van der Waals surface area contributed by atoms with E-state index >= 15 is 0 Å². The van der Waals surface area contributed by atoms with Crippen molar-refractivity contribution in [2.45, 2.75) is 50.2 Å². The molecule has 0 unspecified atom stereocenters. The molecule has 152 valence electrons. The molecule has 3 aromatic rings. The predicted molar refractivity (Wildman–Crippen MR) is 114 cm³/mol. The van der Waals surface area contributed by atoms with Gasteiger partial charge >= 0.3 is 0 Å². The van der Waals surface area contributed by atoms with Crippen LogP contribution in [0.15, 0.2) is 38.7 Å². The average molecular weight is 433 g/mol. The van der Waals surface area contributed by atoms with Gasteiger partial charge in [-0.1, -0.05) is 47.8 Å². The molecule has 0 aliphatic heterocycles. The third kappa shape index (κ3) is 4.48. The molecule has 1 N–H and O–H groups in total. The van der Waals surface area contributed by atoms with Gasteiger partial charge in [-0.2, -0.15) is 0 Å². The molecule has 4 rings (SSSR count). The van der Waals surface area contributed by atoms with Crippen LogP contribution in [0.4, 0.5) is 5.88 Å². The molecule has 1 aromatic carbocycles. The zero-order valence-corrected chi connectivity index (χ0v) is 17.6. The number of amides is 1. The summed E-state index contributed by atoms with van der Waals surface area (Å²) >= 11 is 7.34. The SMILES string of the molecule is Cc1cc(NC(=O)CSc2nc3cc(Cl)ccc3c(=O)n2C2CCCCC2)on1. The van der Waals surface area contributed by atoms with Gasteiger partial charge in [0.15, 0.2) is 5.16 Å². The third-order valence-electron chi connectivity index (χ3n) is 4.99. The lowest BCUT2D eigenvalue weighted by Gasteiger charge is -2.26. The van der Waals surface area contributed by atoms with E-state index in [-0.39, 0.29) is 23.3 Å². The number of anilines is 1. The quantitative estimate of drug-likeness (QED) is 0.468. The van der Waals surface area contributed by atoms with E-state index in [1.165, 1.54) is 18.2 Å². The maximum absolute atomic E-state index is 13.2. The fourth-order valence-electron chi connectivity index (χ4n) is 3.64. The van der Waals surface area contributed by atoms with E-state index in [1.807, 2.05) is 0 Å². The maximum atomic E-state index is 13.2. The first-order valence-electron chi connectivity index (χ1n) is 9.59. The van der Waals surface area contributed by atoms with E-state index in [9.17, 15) is 9.59 Å². The van der Waals surface area contributed by atoms with Crippen molar-refractivity contribution in [3.8, 4) is 0 Å². The second kappa shape index (κ2) is 8.59. The Morgan fingerprint density at radius 1 is 1.31 bits per heavy atom. The van der Waals surface area contributed by atoms with Crippen molar-refractivity contribution < 1.29 is 9.32 Å². The zero-order valence-electron chi connectivity index (χ0n) is 16.0. The number of aromatic nitrogens is 3. The maximum Gasteiger partial charge on any atom is 0.262 e. The van der Waals surface area contributed by atoms with Gasteiger partial charge in [0.1, 0.15) is 0 Å². The summed E-state index contributed by atoms with van der Waals surface area (Å²) in [7, 11) is 0. The van der Waals surface area contributed by atoms with Crippen molar-refractivity contribution in [1.29, 1.82) is 0 Å². The Kier molecular flexibility index (Phi) is 5.91. The van der Waals surface area contributed by atoms with Crippen molar-refractivity contribution in [2.75, 3.05) is 11.1 Å². The van der Waals surface area contributed by atoms with Crippen LogP contribution >= 0.6 is 23.4 Å². The topological polar surface area (TPSA) is 90.0 Å². The van der Waals surface area contributed by atoms with E-state index in [1.54, 1.807) is 35.8 Å². The van der Waals surface area contributed by atoms with Crippen LogP contribution < -0.4 is 10.9 Å². The molecule has 1 aliphatic rings. The number of carbonyl (C=O) groups is 1. The van der Waals surface area contributed by atoms with Crippen molar-refractivity contribution in [3.05, 3.63) is 45.3 Å². The summed E-state index contributed by atoms with van der Waals surface area (Å²) in [6, 6.07) is 6.87. The summed E-state index contributed by atoms with van der Waals surface area (Å²) in [6.45, 7) is 1.78. The molecule has 1 fully saturated rings. The van der Waals surface area contributed by atoms with Gasteiger partial charge in [-0.3, -0.25) is 19.5 Å². The molecule has 7 nitrogen and oxygen atoms in total. The number of carbonyl (C=O) groups excluding carboxylic acids is 1. The van der Waals surface area contributed by atoms with Crippen LogP contribution in [0.3, 0.4) is 0 Å². The molecular weight excluding hydrogens is 412 g/mol. The van der Waals surface area contributed by atoms with Crippen LogP contribution in [0.5, 0.6) is 0 Å². The van der Waals surface area contributed by atoms with Crippen LogP contribution in [-0.2, 0) is 4.79 Å². The number of nitrogens with zero attached hydrogens (tertiary/aromatic N) is 3. The van der Waals surface area contributed by atoms with Crippen molar-refractivity contribution >= 4 is 46.1 Å². The first kappa shape index (κ1) is 20.0.